The molecule has 4 unspecified atom stereocenters. The molecule has 0 aromatic heterocycles. The maximum absolute atomic E-state index is 9.28. The van der Waals surface area contributed by atoms with Gasteiger partial charge in [-0.3, -0.25) is 0 Å². The minimum atomic E-state index is -0.238. The Balaban J connectivity index is 2.16. The zero-order valence-electron chi connectivity index (χ0n) is 7.83. The molecule has 12 heavy (non-hydrogen) atoms. The second kappa shape index (κ2) is 4.21. The Kier molecular flexibility index (Phi) is 3.50. The predicted octanol–water partition coefficient (Wildman–Crippen LogP) is 0.116. The van der Waals surface area contributed by atoms with Crippen molar-refractivity contribution in [1.82, 2.24) is 5.32 Å². The number of rotatable bonds is 4. The maximum Gasteiger partial charge on any atom is 0.0552 e. The molecule has 0 bridgehead atoms. The van der Waals surface area contributed by atoms with Gasteiger partial charge in [-0.15, -0.1) is 0 Å². The van der Waals surface area contributed by atoms with Gasteiger partial charge in [0.05, 0.1) is 6.10 Å². The first-order chi connectivity index (χ1) is 5.65. The summed E-state index contributed by atoms with van der Waals surface area (Å²) in [5.74, 6) is 0.319. The third-order valence-electron chi connectivity index (χ3n) is 2.86. The summed E-state index contributed by atoms with van der Waals surface area (Å²) in [7, 11) is 0. The van der Waals surface area contributed by atoms with Crippen molar-refractivity contribution in [1.29, 1.82) is 0 Å². The maximum atomic E-state index is 9.28. The van der Waals surface area contributed by atoms with E-state index in [0.717, 1.165) is 12.8 Å². The number of hydrogen-bond acceptors (Lipinski definition) is 3. The molecule has 1 heterocycles. The Labute approximate surface area is 73.8 Å². The van der Waals surface area contributed by atoms with Crippen LogP contribution in [0.2, 0.25) is 0 Å². The van der Waals surface area contributed by atoms with Crippen molar-refractivity contribution in [3.8, 4) is 0 Å². The van der Waals surface area contributed by atoms with Crippen LogP contribution in [0.4, 0.5) is 0 Å². The van der Waals surface area contributed by atoms with Crippen LogP contribution in [0.5, 0.6) is 0 Å². The van der Waals surface area contributed by atoms with Crippen molar-refractivity contribution < 1.29 is 10.2 Å². The Bertz CT molecular complexity index is 132. The molecule has 0 aromatic rings. The minimum absolute atomic E-state index is 0.238. The van der Waals surface area contributed by atoms with Crippen LogP contribution in [0, 0.1) is 5.92 Å². The van der Waals surface area contributed by atoms with Crippen LogP contribution < -0.4 is 5.32 Å². The van der Waals surface area contributed by atoms with Gasteiger partial charge < -0.3 is 15.5 Å². The summed E-state index contributed by atoms with van der Waals surface area (Å²) in [6.45, 7) is 4.14. The Morgan fingerprint density at radius 3 is 2.50 bits per heavy atom. The highest BCUT2D eigenvalue weighted by molar-refractivity contribution is 4.92. The fourth-order valence-electron chi connectivity index (χ4n) is 1.64. The third-order valence-corrected chi connectivity index (χ3v) is 2.86. The summed E-state index contributed by atoms with van der Waals surface area (Å²) < 4.78 is 0. The van der Waals surface area contributed by atoms with E-state index in [0.29, 0.717) is 18.0 Å². The highest BCUT2D eigenvalue weighted by atomic mass is 16.3. The van der Waals surface area contributed by atoms with E-state index in [4.69, 9.17) is 5.11 Å². The van der Waals surface area contributed by atoms with Crippen LogP contribution in [-0.2, 0) is 0 Å². The molecule has 3 N–H and O–H groups in total. The first-order valence-corrected chi connectivity index (χ1v) is 4.70. The van der Waals surface area contributed by atoms with Crippen molar-refractivity contribution in [2.45, 2.75) is 44.9 Å². The van der Waals surface area contributed by atoms with Crippen LogP contribution in [0.3, 0.4) is 0 Å². The van der Waals surface area contributed by atoms with E-state index in [1.807, 2.05) is 6.92 Å². The molecule has 3 heteroatoms. The number of nitrogens with one attached hydrogen (secondary N) is 1. The topological polar surface area (TPSA) is 52.5 Å². The van der Waals surface area contributed by atoms with Gasteiger partial charge in [0.15, 0.2) is 0 Å². The van der Waals surface area contributed by atoms with Crippen molar-refractivity contribution in [2.75, 3.05) is 6.61 Å². The normalized spacial score (nSPS) is 34.0. The van der Waals surface area contributed by atoms with Crippen molar-refractivity contribution in [2.24, 2.45) is 5.92 Å². The van der Waals surface area contributed by atoms with E-state index in [2.05, 4.69) is 12.2 Å². The van der Waals surface area contributed by atoms with E-state index in [1.165, 1.54) is 0 Å². The van der Waals surface area contributed by atoms with E-state index in [-0.39, 0.29) is 12.7 Å². The summed E-state index contributed by atoms with van der Waals surface area (Å²) >= 11 is 0. The molecule has 0 saturated carbocycles. The largest absolute Gasteiger partial charge is 0.396 e. The SMILES string of the molecule is CC(O)C(C)C1CC(CCO)N1. The number of aliphatic hydroxyl groups excluding tert-OH is 2. The first kappa shape index (κ1) is 9.96. The zero-order chi connectivity index (χ0) is 9.14. The molecule has 1 fully saturated rings. The molecular weight excluding hydrogens is 154 g/mol. The molecule has 0 radical (unpaired) electrons. The van der Waals surface area contributed by atoms with Gasteiger partial charge in [0.2, 0.25) is 0 Å². The lowest BCUT2D eigenvalue weighted by molar-refractivity contribution is 0.0670. The zero-order valence-corrected chi connectivity index (χ0v) is 7.83. The van der Waals surface area contributed by atoms with E-state index >= 15 is 0 Å². The van der Waals surface area contributed by atoms with Crippen molar-refractivity contribution in [3.05, 3.63) is 0 Å². The summed E-state index contributed by atoms with van der Waals surface area (Å²) in [5, 5.41) is 21.3. The van der Waals surface area contributed by atoms with Crippen LogP contribution in [0.15, 0.2) is 0 Å². The molecule has 1 aliphatic rings. The molecule has 4 atom stereocenters. The van der Waals surface area contributed by atoms with Gasteiger partial charge in [-0.1, -0.05) is 6.92 Å². The van der Waals surface area contributed by atoms with Gasteiger partial charge in [-0.2, -0.15) is 0 Å². The summed E-state index contributed by atoms with van der Waals surface area (Å²) in [6.07, 6.45) is 1.69. The predicted molar refractivity (Wildman–Crippen MR) is 47.9 cm³/mol. The van der Waals surface area contributed by atoms with E-state index < -0.39 is 0 Å². The lowest BCUT2D eigenvalue weighted by atomic mass is 9.83. The molecule has 1 aliphatic heterocycles. The Hall–Kier alpha value is -0.120. The lowest BCUT2D eigenvalue weighted by Crippen LogP contribution is -2.57. The average Bonchev–Trinajstić information content (AvgIpc) is 1.94. The third kappa shape index (κ3) is 2.19. The minimum Gasteiger partial charge on any atom is -0.396 e. The van der Waals surface area contributed by atoms with Crippen LogP contribution >= 0.6 is 0 Å². The molecule has 0 spiro atoms. The van der Waals surface area contributed by atoms with Crippen LogP contribution in [-0.4, -0.2) is 35.0 Å². The standard InChI is InChI=1S/C9H19NO2/c1-6(7(2)12)9-5-8(10-9)3-4-11/h6-12H,3-5H2,1-2H3. The van der Waals surface area contributed by atoms with Gasteiger partial charge >= 0.3 is 0 Å². The van der Waals surface area contributed by atoms with Crippen molar-refractivity contribution in [3.63, 3.8) is 0 Å². The van der Waals surface area contributed by atoms with Crippen molar-refractivity contribution >= 4 is 0 Å². The second-order valence-electron chi connectivity index (χ2n) is 3.82. The fraction of sp³-hybridized carbons (Fsp3) is 1.00. The molecular formula is C9H19NO2. The quantitative estimate of drug-likeness (QED) is 0.566. The lowest BCUT2D eigenvalue weighted by Gasteiger charge is -2.41. The highest BCUT2D eigenvalue weighted by Gasteiger charge is 2.33. The van der Waals surface area contributed by atoms with Gasteiger partial charge in [0.25, 0.3) is 0 Å². The number of aliphatic hydroxyl groups is 2. The van der Waals surface area contributed by atoms with Crippen LogP contribution in [0.25, 0.3) is 0 Å². The Morgan fingerprint density at radius 2 is 2.08 bits per heavy atom. The monoisotopic (exact) mass is 173 g/mol. The Morgan fingerprint density at radius 1 is 1.50 bits per heavy atom. The van der Waals surface area contributed by atoms with E-state index in [1.54, 1.807) is 0 Å². The van der Waals surface area contributed by atoms with Gasteiger partial charge in [0.1, 0.15) is 0 Å². The summed E-state index contributed by atoms with van der Waals surface area (Å²) in [6, 6.07) is 0.919. The molecule has 1 saturated heterocycles. The summed E-state index contributed by atoms with van der Waals surface area (Å²) in [5.41, 5.74) is 0. The highest BCUT2D eigenvalue weighted by Crippen LogP contribution is 2.23. The molecule has 3 nitrogen and oxygen atoms in total. The molecule has 0 amide bonds. The van der Waals surface area contributed by atoms with Gasteiger partial charge in [-0.05, 0) is 25.7 Å². The van der Waals surface area contributed by atoms with Gasteiger partial charge in [0, 0.05) is 18.7 Å². The van der Waals surface area contributed by atoms with E-state index in [9.17, 15) is 5.11 Å². The summed E-state index contributed by atoms with van der Waals surface area (Å²) in [4.78, 5) is 0. The van der Waals surface area contributed by atoms with Gasteiger partial charge in [-0.25, -0.2) is 0 Å². The first-order valence-electron chi connectivity index (χ1n) is 4.70. The molecule has 0 aromatic carbocycles. The molecule has 72 valence electrons. The second-order valence-corrected chi connectivity index (χ2v) is 3.82. The number of hydrogen-bond donors (Lipinski definition) is 3. The molecule has 0 aliphatic carbocycles. The smallest absolute Gasteiger partial charge is 0.0552 e. The van der Waals surface area contributed by atoms with Crippen LogP contribution in [0.1, 0.15) is 26.7 Å². The average molecular weight is 173 g/mol. The molecule has 1 rings (SSSR count). The fourth-order valence-corrected chi connectivity index (χ4v) is 1.64.